The Bertz CT molecular complexity index is 2510. The van der Waals surface area contributed by atoms with E-state index in [9.17, 15) is 0 Å². The highest BCUT2D eigenvalue weighted by molar-refractivity contribution is 7.99. The number of hydrogen-bond donors (Lipinski definition) is 0. The van der Waals surface area contributed by atoms with E-state index in [1.807, 2.05) is 73.4 Å². The van der Waals surface area contributed by atoms with Crippen molar-refractivity contribution in [2.24, 2.45) is 4.99 Å². The fraction of sp³-hybridized carbons (Fsp3) is 0.0213. The summed E-state index contributed by atoms with van der Waals surface area (Å²) in [7, 11) is 0. The number of aromatic nitrogens is 3. The maximum absolute atomic E-state index is 5.16. The number of allylic oxidation sites excluding steroid dienone is 3. The lowest BCUT2D eigenvalue weighted by atomic mass is 9.94. The molecule has 0 fully saturated rings. The highest BCUT2D eigenvalue weighted by Gasteiger charge is 2.17. The van der Waals surface area contributed by atoms with Crippen LogP contribution in [0.25, 0.3) is 73.9 Å². The molecule has 0 atom stereocenters. The molecule has 52 heavy (non-hydrogen) atoms. The number of aliphatic imine (C=N–C) groups is 1. The quantitative estimate of drug-likeness (QED) is 0.129. The highest BCUT2D eigenvalue weighted by atomic mass is 32.2. The van der Waals surface area contributed by atoms with E-state index in [0.29, 0.717) is 5.82 Å². The van der Waals surface area contributed by atoms with Gasteiger partial charge < -0.3 is 0 Å². The van der Waals surface area contributed by atoms with Crippen LogP contribution in [0, 0.1) is 0 Å². The molecule has 0 aliphatic carbocycles. The Hall–Kier alpha value is -6.43. The van der Waals surface area contributed by atoms with Gasteiger partial charge in [0.25, 0.3) is 0 Å². The number of nitrogens with zero attached hydrogens (tertiary/aromatic N) is 4. The van der Waals surface area contributed by atoms with E-state index >= 15 is 0 Å². The van der Waals surface area contributed by atoms with Gasteiger partial charge in [0, 0.05) is 38.9 Å². The number of fused-ring (bicyclic) bond motifs is 6. The molecule has 5 aromatic carbocycles. The maximum Gasteiger partial charge on any atom is 0.160 e. The fourth-order valence-electron chi connectivity index (χ4n) is 6.41. The zero-order chi connectivity index (χ0) is 35.3. The van der Waals surface area contributed by atoms with Crippen molar-refractivity contribution in [3.05, 3.63) is 181 Å². The lowest BCUT2D eigenvalue weighted by Gasteiger charge is -2.15. The zero-order valence-electron chi connectivity index (χ0n) is 28.6. The van der Waals surface area contributed by atoms with Crippen molar-refractivity contribution in [2.75, 3.05) is 0 Å². The molecule has 0 radical (unpaired) electrons. The molecule has 5 heteroatoms. The smallest absolute Gasteiger partial charge is 0.160 e. The maximum atomic E-state index is 5.16. The summed E-state index contributed by atoms with van der Waals surface area (Å²) in [6, 6.07) is 49.0. The number of benzene rings is 5. The Morgan fingerprint density at radius 1 is 0.596 bits per heavy atom. The monoisotopic (exact) mass is 686 g/mol. The first-order valence-electron chi connectivity index (χ1n) is 17.1. The third-order valence-electron chi connectivity index (χ3n) is 9.09. The second-order valence-electron chi connectivity index (χ2n) is 12.5. The Kier molecular flexibility index (Phi) is 9.33. The van der Waals surface area contributed by atoms with E-state index in [1.54, 1.807) is 6.20 Å². The fourth-order valence-corrected chi connectivity index (χ4v) is 7.51. The topological polar surface area (TPSA) is 51.0 Å². The lowest BCUT2D eigenvalue weighted by Crippen LogP contribution is -1.97. The molecule has 0 saturated heterocycles. The molecule has 7 aromatic rings. The van der Waals surface area contributed by atoms with Crippen LogP contribution >= 0.6 is 11.8 Å². The summed E-state index contributed by atoms with van der Waals surface area (Å²) in [5, 5.41) is 0. The highest BCUT2D eigenvalue weighted by Crippen LogP contribution is 2.44. The van der Waals surface area contributed by atoms with Gasteiger partial charge in [0.05, 0.1) is 17.1 Å². The summed E-state index contributed by atoms with van der Waals surface area (Å²) >= 11 is 1.81. The van der Waals surface area contributed by atoms with Gasteiger partial charge in [0.1, 0.15) is 0 Å². The largest absolute Gasteiger partial charge is 0.273 e. The molecule has 1 aliphatic heterocycles. The van der Waals surface area contributed by atoms with Crippen LogP contribution < -0.4 is 0 Å². The standard InChI is InChI=1S/C47H34N4S/c1-32(13-12-28-48-2)42-27-26-37(31-49-42)44-30-43(50-47(51-44)35-15-4-3-5-16-35)36-25-24-34-23-22-33-14-6-7-17-38(33)39-18-8-10-20-45(39)52-46-21-11-9-19-40(46)41(34)29-36/h3-31H,2H2,1H3/b23-22?,28-12-,32-13+. The minimum Gasteiger partial charge on any atom is -0.273 e. The summed E-state index contributed by atoms with van der Waals surface area (Å²) in [5.74, 6) is 0.663. The molecule has 1 aliphatic rings. The predicted molar refractivity (Wildman–Crippen MR) is 219 cm³/mol. The average molecular weight is 687 g/mol. The molecule has 3 heterocycles. The summed E-state index contributed by atoms with van der Waals surface area (Å²) in [6.07, 6.45) is 11.8. The first-order valence-corrected chi connectivity index (χ1v) is 17.9. The summed E-state index contributed by atoms with van der Waals surface area (Å²) in [4.78, 5) is 21.2. The molecule has 0 unspecified atom stereocenters. The van der Waals surface area contributed by atoms with Crippen molar-refractivity contribution >= 4 is 36.2 Å². The van der Waals surface area contributed by atoms with E-state index in [0.717, 1.165) is 50.5 Å². The molecule has 0 spiro atoms. The van der Waals surface area contributed by atoms with Gasteiger partial charge >= 0.3 is 0 Å². The first kappa shape index (κ1) is 32.8. The Morgan fingerprint density at radius 3 is 1.92 bits per heavy atom. The van der Waals surface area contributed by atoms with Crippen LogP contribution in [0.4, 0.5) is 0 Å². The van der Waals surface area contributed by atoms with Crippen molar-refractivity contribution in [3.8, 4) is 56.2 Å². The molecule has 0 saturated carbocycles. The summed E-state index contributed by atoms with van der Waals surface area (Å²) in [5.41, 5.74) is 13.5. The molecule has 8 rings (SSSR count). The third-order valence-corrected chi connectivity index (χ3v) is 10.2. The second-order valence-corrected chi connectivity index (χ2v) is 13.5. The van der Waals surface area contributed by atoms with Gasteiger partial charge in [-0.3, -0.25) is 9.98 Å². The van der Waals surface area contributed by atoms with E-state index in [-0.39, 0.29) is 0 Å². The van der Waals surface area contributed by atoms with E-state index in [4.69, 9.17) is 15.0 Å². The van der Waals surface area contributed by atoms with Crippen LogP contribution in [-0.4, -0.2) is 21.7 Å². The second kappa shape index (κ2) is 14.8. The predicted octanol–water partition coefficient (Wildman–Crippen LogP) is 12.5. The Balaban J connectivity index is 1.28. The van der Waals surface area contributed by atoms with Gasteiger partial charge in [-0.1, -0.05) is 133 Å². The Morgan fingerprint density at radius 2 is 1.21 bits per heavy atom. The SMILES string of the molecule is C=N/C=C\C=C(/C)c1ccc(-c2cc(-c3ccc4c(c3)-c3ccccc3Sc3ccccc3-c3ccccc3C=C4)nc(-c3ccccc3)n2)cn1. The van der Waals surface area contributed by atoms with Gasteiger partial charge in [0.15, 0.2) is 5.82 Å². The van der Waals surface area contributed by atoms with Crippen LogP contribution in [0.2, 0.25) is 0 Å². The van der Waals surface area contributed by atoms with Crippen LogP contribution in [0.3, 0.4) is 0 Å². The van der Waals surface area contributed by atoms with E-state index in [1.165, 1.54) is 32.0 Å². The van der Waals surface area contributed by atoms with Gasteiger partial charge in [0.2, 0.25) is 0 Å². The average Bonchev–Trinajstić information content (AvgIpc) is 3.23. The number of hydrogen-bond acceptors (Lipinski definition) is 5. The van der Waals surface area contributed by atoms with Gasteiger partial charge in [-0.05, 0) is 95.1 Å². The molecular formula is C47H34N4S. The molecule has 0 amide bonds. The van der Waals surface area contributed by atoms with Crippen molar-refractivity contribution < 1.29 is 0 Å². The van der Waals surface area contributed by atoms with Crippen molar-refractivity contribution in [1.29, 1.82) is 0 Å². The van der Waals surface area contributed by atoms with Crippen LogP contribution in [-0.2, 0) is 0 Å². The van der Waals surface area contributed by atoms with Gasteiger partial charge in [-0.15, -0.1) is 0 Å². The van der Waals surface area contributed by atoms with Gasteiger partial charge in [-0.25, -0.2) is 9.97 Å². The first-order chi connectivity index (χ1) is 25.6. The molecular weight excluding hydrogens is 653 g/mol. The third kappa shape index (κ3) is 6.82. The van der Waals surface area contributed by atoms with Gasteiger partial charge in [-0.2, -0.15) is 0 Å². The van der Waals surface area contributed by atoms with Crippen LogP contribution in [0.5, 0.6) is 0 Å². The minimum absolute atomic E-state index is 0.663. The van der Waals surface area contributed by atoms with E-state index < -0.39 is 0 Å². The summed E-state index contributed by atoms with van der Waals surface area (Å²) in [6.45, 7) is 5.53. The normalized spacial score (nSPS) is 12.3. The van der Waals surface area contributed by atoms with Crippen molar-refractivity contribution in [1.82, 2.24) is 15.0 Å². The lowest BCUT2D eigenvalue weighted by molar-refractivity contribution is 1.17. The number of pyridine rings is 1. The summed E-state index contributed by atoms with van der Waals surface area (Å²) < 4.78 is 0. The van der Waals surface area contributed by atoms with Crippen molar-refractivity contribution in [3.63, 3.8) is 0 Å². The zero-order valence-corrected chi connectivity index (χ0v) is 29.5. The van der Waals surface area contributed by atoms with Crippen molar-refractivity contribution in [2.45, 2.75) is 16.7 Å². The molecule has 4 nitrogen and oxygen atoms in total. The van der Waals surface area contributed by atoms with Crippen LogP contribution in [0.1, 0.15) is 23.7 Å². The molecule has 0 bridgehead atoms. The van der Waals surface area contributed by atoms with Crippen LogP contribution in [0.15, 0.2) is 179 Å². The molecule has 0 N–H and O–H groups in total. The Labute approximate surface area is 308 Å². The minimum atomic E-state index is 0.663. The number of rotatable bonds is 6. The molecule has 2 aromatic heterocycles. The molecule has 248 valence electrons. The van der Waals surface area contributed by atoms with E-state index in [2.05, 4.69) is 127 Å².